The predicted octanol–water partition coefficient (Wildman–Crippen LogP) is 2.65. The summed E-state index contributed by atoms with van der Waals surface area (Å²) in [7, 11) is 0. The summed E-state index contributed by atoms with van der Waals surface area (Å²) in [5, 5.41) is 0. The number of nitrogens with two attached hydrogens (primary N) is 2. The molecule has 140 valence electrons. The molecule has 5 nitrogen and oxygen atoms in total. The first-order valence-electron chi connectivity index (χ1n) is 9.10. The SMILES string of the molecule is C=Cc1cc(C)cc([C@H]2CN(Cc3ccccc3)C[C@@H]2C(=O)N=C(N)N)c1. The van der Waals surface area contributed by atoms with Gasteiger partial charge in [0.1, 0.15) is 0 Å². The highest BCUT2D eigenvalue weighted by molar-refractivity contribution is 5.93. The van der Waals surface area contributed by atoms with Crippen LogP contribution >= 0.6 is 0 Å². The Morgan fingerprint density at radius 3 is 2.63 bits per heavy atom. The fourth-order valence-corrected chi connectivity index (χ4v) is 3.83. The summed E-state index contributed by atoms with van der Waals surface area (Å²) < 4.78 is 0. The number of carbonyl (C=O) groups excluding carboxylic acids is 1. The number of aliphatic imine (C=N–C) groups is 1. The van der Waals surface area contributed by atoms with E-state index in [2.05, 4.69) is 53.7 Å². The highest BCUT2D eigenvalue weighted by atomic mass is 16.1. The van der Waals surface area contributed by atoms with Gasteiger partial charge in [-0.3, -0.25) is 9.69 Å². The van der Waals surface area contributed by atoms with Gasteiger partial charge >= 0.3 is 0 Å². The molecule has 1 aliphatic heterocycles. The van der Waals surface area contributed by atoms with Crippen molar-refractivity contribution in [2.75, 3.05) is 13.1 Å². The summed E-state index contributed by atoms with van der Waals surface area (Å²) in [5.41, 5.74) is 15.5. The lowest BCUT2D eigenvalue weighted by atomic mass is 9.86. The van der Waals surface area contributed by atoms with Crippen molar-refractivity contribution in [2.45, 2.75) is 19.4 Å². The van der Waals surface area contributed by atoms with Crippen LogP contribution in [0.4, 0.5) is 0 Å². The van der Waals surface area contributed by atoms with Crippen molar-refractivity contribution in [1.82, 2.24) is 4.90 Å². The number of hydrogen-bond acceptors (Lipinski definition) is 2. The van der Waals surface area contributed by atoms with Crippen molar-refractivity contribution in [3.63, 3.8) is 0 Å². The Hall–Kier alpha value is -2.92. The Kier molecular flexibility index (Phi) is 5.72. The number of guanidine groups is 1. The molecule has 2 aromatic rings. The standard InChI is InChI=1S/C22H26N4O/c1-3-16-9-15(2)10-18(11-16)19-13-26(12-17-7-5-4-6-8-17)14-20(19)21(27)25-22(23)24/h3-11,19-20H,1,12-14H2,2H3,(H4,23,24,25,27)/t19-,20+/m1/s1. The van der Waals surface area contributed by atoms with Gasteiger partial charge in [-0.25, -0.2) is 0 Å². The van der Waals surface area contributed by atoms with Gasteiger partial charge in [0, 0.05) is 25.6 Å². The highest BCUT2D eigenvalue weighted by Crippen LogP contribution is 2.35. The Balaban J connectivity index is 1.90. The van der Waals surface area contributed by atoms with Crippen LogP contribution in [0, 0.1) is 12.8 Å². The Labute approximate surface area is 160 Å². The maximum Gasteiger partial charge on any atom is 0.253 e. The molecule has 3 rings (SSSR count). The number of benzene rings is 2. The maximum absolute atomic E-state index is 12.7. The molecule has 0 aromatic heterocycles. The van der Waals surface area contributed by atoms with Gasteiger partial charge < -0.3 is 11.5 Å². The third-order valence-electron chi connectivity index (χ3n) is 4.99. The summed E-state index contributed by atoms with van der Waals surface area (Å²) in [4.78, 5) is 18.8. The van der Waals surface area contributed by atoms with E-state index >= 15 is 0 Å². The first-order valence-corrected chi connectivity index (χ1v) is 9.10. The van der Waals surface area contributed by atoms with E-state index in [1.54, 1.807) is 0 Å². The smallest absolute Gasteiger partial charge is 0.253 e. The lowest BCUT2D eigenvalue weighted by Crippen LogP contribution is -2.28. The summed E-state index contributed by atoms with van der Waals surface area (Å²) >= 11 is 0. The molecule has 1 heterocycles. The first-order chi connectivity index (χ1) is 13.0. The number of likely N-dealkylation sites (tertiary alicyclic amines) is 1. The third-order valence-corrected chi connectivity index (χ3v) is 4.99. The molecule has 27 heavy (non-hydrogen) atoms. The third kappa shape index (κ3) is 4.63. The molecule has 1 saturated heterocycles. The molecule has 1 amide bonds. The van der Waals surface area contributed by atoms with Crippen LogP contribution in [-0.4, -0.2) is 29.9 Å². The number of aryl methyl sites for hydroxylation is 1. The van der Waals surface area contributed by atoms with E-state index in [1.807, 2.05) is 24.3 Å². The van der Waals surface area contributed by atoms with E-state index in [1.165, 1.54) is 5.56 Å². The molecule has 2 aromatic carbocycles. The zero-order chi connectivity index (χ0) is 19.4. The van der Waals surface area contributed by atoms with Crippen LogP contribution in [0.2, 0.25) is 0 Å². The molecule has 4 N–H and O–H groups in total. The van der Waals surface area contributed by atoms with E-state index in [9.17, 15) is 4.79 Å². The van der Waals surface area contributed by atoms with Gasteiger partial charge in [-0.15, -0.1) is 0 Å². The molecule has 2 atom stereocenters. The molecule has 5 heteroatoms. The largest absolute Gasteiger partial charge is 0.370 e. The molecule has 0 unspecified atom stereocenters. The number of hydrogen-bond donors (Lipinski definition) is 2. The lowest BCUT2D eigenvalue weighted by Gasteiger charge is -2.18. The zero-order valence-electron chi connectivity index (χ0n) is 15.6. The quantitative estimate of drug-likeness (QED) is 0.633. The molecule has 0 saturated carbocycles. The van der Waals surface area contributed by atoms with Gasteiger partial charge in [-0.05, 0) is 23.6 Å². The monoisotopic (exact) mass is 362 g/mol. The lowest BCUT2D eigenvalue weighted by molar-refractivity contribution is -0.121. The number of carbonyl (C=O) groups is 1. The van der Waals surface area contributed by atoms with E-state index < -0.39 is 0 Å². The van der Waals surface area contributed by atoms with Gasteiger partial charge in [-0.1, -0.05) is 66.7 Å². The molecule has 0 aliphatic carbocycles. The van der Waals surface area contributed by atoms with Crippen molar-refractivity contribution in [3.05, 3.63) is 77.4 Å². The molecule has 0 bridgehead atoms. The van der Waals surface area contributed by atoms with Crippen LogP contribution in [0.3, 0.4) is 0 Å². The summed E-state index contributed by atoms with van der Waals surface area (Å²) in [6.07, 6.45) is 1.83. The van der Waals surface area contributed by atoms with Crippen LogP contribution < -0.4 is 11.5 Å². The number of rotatable bonds is 5. The molecule has 1 fully saturated rings. The average molecular weight is 362 g/mol. The number of nitrogens with zero attached hydrogens (tertiary/aromatic N) is 2. The molecule has 0 spiro atoms. The first kappa shape index (κ1) is 18.9. The van der Waals surface area contributed by atoms with Crippen LogP contribution in [0.5, 0.6) is 0 Å². The topological polar surface area (TPSA) is 84.7 Å². The highest BCUT2D eigenvalue weighted by Gasteiger charge is 2.38. The average Bonchev–Trinajstić information content (AvgIpc) is 3.05. The molecule has 1 aliphatic rings. The van der Waals surface area contributed by atoms with Crippen molar-refractivity contribution in [2.24, 2.45) is 22.4 Å². The van der Waals surface area contributed by atoms with Crippen molar-refractivity contribution >= 4 is 17.9 Å². The minimum Gasteiger partial charge on any atom is -0.370 e. The van der Waals surface area contributed by atoms with E-state index in [0.29, 0.717) is 6.54 Å². The second-order valence-corrected chi connectivity index (χ2v) is 7.15. The van der Waals surface area contributed by atoms with Crippen molar-refractivity contribution < 1.29 is 4.79 Å². The minimum atomic E-state index is -0.268. The van der Waals surface area contributed by atoms with Gasteiger partial charge in [0.2, 0.25) is 0 Å². The normalized spacial score (nSPS) is 19.6. The predicted molar refractivity (Wildman–Crippen MR) is 110 cm³/mol. The minimum absolute atomic E-state index is 0.0444. The molecular weight excluding hydrogens is 336 g/mol. The second-order valence-electron chi connectivity index (χ2n) is 7.15. The number of amides is 1. The van der Waals surface area contributed by atoms with Crippen LogP contribution in [0.15, 0.2) is 60.1 Å². The summed E-state index contributed by atoms with van der Waals surface area (Å²) in [5.74, 6) is -0.660. The maximum atomic E-state index is 12.7. The fraction of sp³-hybridized carbons (Fsp3) is 0.273. The van der Waals surface area contributed by atoms with Crippen LogP contribution in [0.1, 0.15) is 28.2 Å². The van der Waals surface area contributed by atoms with Crippen molar-refractivity contribution in [1.29, 1.82) is 0 Å². The Bertz CT molecular complexity index is 856. The Morgan fingerprint density at radius 2 is 1.96 bits per heavy atom. The van der Waals surface area contributed by atoms with Gasteiger partial charge in [0.25, 0.3) is 5.91 Å². The zero-order valence-corrected chi connectivity index (χ0v) is 15.6. The van der Waals surface area contributed by atoms with Crippen molar-refractivity contribution in [3.8, 4) is 0 Å². The Morgan fingerprint density at radius 1 is 1.22 bits per heavy atom. The second kappa shape index (κ2) is 8.18. The van der Waals surface area contributed by atoms with E-state index in [0.717, 1.165) is 29.8 Å². The van der Waals surface area contributed by atoms with Gasteiger partial charge in [-0.2, -0.15) is 4.99 Å². The fourth-order valence-electron chi connectivity index (χ4n) is 3.83. The van der Waals surface area contributed by atoms with Gasteiger partial charge in [0.15, 0.2) is 5.96 Å². The van der Waals surface area contributed by atoms with E-state index in [-0.39, 0.29) is 23.7 Å². The summed E-state index contributed by atoms with van der Waals surface area (Å²) in [6, 6.07) is 16.6. The van der Waals surface area contributed by atoms with Crippen LogP contribution in [0.25, 0.3) is 6.08 Å². The summed E-state index contributed by atoms with van der Waals surface area (Å²) in [6.45, 7) is 8.14. The molecule has 0 radical (unpaired) electrons. The van der Waals surface area contributed by atoms with Gasteiger partial charge in [0.05, 0.1) is 5.92 Å². The van der Waals surface area contributed by atoms with E-state index in [4.69, 9.17) is 11.5 Å². The van der Waals surface area contributed by atoms with Crippen LogP contribution in [-0.2, 0) is 11.3 Å². The molecular formula is C22H26N4O.